The lowest BCUT2D eigenvalue weighted by atomic mass is 10.1. The van der Waals surface area contributed by atoms with Gasteiger partial charge in [0.25, 0.3) is 5.91 Å². The molecule has 0 bridgehead atoms. The minimum Gasteiger partial charge on any atom is -0.489 e. The van der Waals surface area contributed by atoms with Crippen LogP contribution in [0, 0.1) is 19.7 Å². The van der Waals surface area contributed by atoms with Gasteiger partial charge in [-0.1, -0.05) is 11.6 Å². The Labute approximate surface area is 209 Å². The Balaban J connectivity index is 1.48. The van der Waals surface area contributed by atoms with Crippen LogP contribution in [-0.2, 0) is 0 Å². The van der Waals surface area contributed by atoms with Crippen molar-refractivity contribution in [1.82, 2.24) is 19.8 Å². The van der Waals surface area contributed by atoms with Crippen molar-refractivity contribution in [2.24, 2.45) is 5.73 Å². The van der Waals surface area contributed by atoms with Crippen LogP contribution < -0.4 is 10.5 Å². The Morgan fingerprint density at radius 1 is 1.26 bits per heavy atom. The van der Waals surface area contributed by atoms with E-state index in [4.69, 9.17) is 22.1 Å². The molecule has 0 aliphatic carbocycles. The average Bonchev–Trinajstić information content (AvgIpc) is 3.19. The van der Waals surface area contributed by atoms with E-state index in [0.29, 0.717) is 40.0 Å². The van der Waals surface area contributed by atoms with Gasteiger partial charge in [-0.25, -0.2) is 14.4 Å². The van der Waals surface area contributed by atoms with E-state index in [1.165, 1.54) is 18.2 Å². The summed E-state index contributed by atoms with van der Waals surface area (Å²) in [6.45, 7) is 7.96. The number of rotatable bonds is 6. The van der Waals surface area contributed by atoms with E-state index in [1.807, 2.05) is 0 Å². The highest BCUT2D eigenvalue weighted by Crippen LogP contribution is 2.30. The zero-order valence-electron chi connectivity index (χ0n) is 20.2. The number of aryl methyl sites for hydroxylation is 2. The van der Waals surface area contributed by atoms with Crippen molar-refractivity contribution in [2.75, 3.05) is 32.7 Å². The van der Waals surface area contributed by atoms with Gasteiger partial charge in [-0.3, -0.25) is 4.79 Å². The number of likely N-dealkylation sites (tertiary alicyclic amines) is 1. The highest BCUT2D eigenvalue weighted by molar-refractivity contribution is 6.31. The number of carbonyl (C=O) groups is 1. The van der Waals surface area contributed by atoms with Crippen molar-refractivity contribution >= 4 is 23.1 Å². The first kappa shape index (κ1) is 25.3. The van der Waals surface area contributed by atoms with Crippen molar-refractivity contribution in [3.05, 3.63) is 57.5 Å². The van der Waals surface area contributed by atoms with Crippen molar-refractivity contribution in [3.8, 4) is 5.75 Å². The zero-order chi connectivity index (χ0) is 25.3. The Kier molecular flexibility index (Phi) is 7.59. The smallest absolute Gasteiger partial charge is 0.258 e. The summed E-state index contributed by atoms with van der Waals surface area (Å²) >= 11 is 6.20. The van der Waals surface area contributed by atoms with Crippen molar-refractivity contribution in [3.63, 3.8) is 0 Å². The number of aliphatic hydroxyl groups excluding tert-OH is 1. The molecular weight excluding hydrogens is 473 g/mol. The van der Waals surface area contributed by atoms with E-state index >= 15 is 0 Å². The van der Waals surface area contributed by atoms with E-state index in [0.717, 1.165) is 25.9 Å². The van der Waals surface area contributed by atoms with E-state index in [1.54, 1.807) is 25.7 Å². The van der Waals surface area contributed by atoms with Crippen LogP contribution in [0.1, 0.15) is 47.3 Å². The minimum absolute atomic E-state index is 0.139. The molecule has 10 heteroatoms. The Morgan fingerprint density at radius 2 is 1.91 bits per heavy atom. The van der Waals surface area contributed by atoms with Gasteiger partial charge >= 0.3 is 0 Å². The second-order valence-electron chi connectivity index (χ2n) is 9.30. The number of benzene rings is 1. The second-order valence-corrected chi connectivity index (χ2v) is 9.68. The molecule has 1 amide bonds. The topological polar surface area (TPSA) is 105 Å². The summed E-state index contributed by atoms with van der Waals surface area (Å²) in [5, 5.41) is 10.1. The first-order chi connectivity index (χ1) is 16.6. The lowest BCUT2D eigenvalue weighted by Gasteiger charge is -2.33. The van der Waals surface area contributed by atoms with Crippen LogP contribution in [0.25, 0.3) is 5.57 Å². The molecule has 0 saturated carbocycles. The van der Waals surface area contributed by atoms with Crippen molar-refractivity contribution in [2.45, 2.75) is 45.8 Å². The number of ether oxygens (including phenoxy) is 1. The van der Waals surface area contributed by atoms with Gasteiger partial charge in [0, 0.05) is 37.0 Å². The molecule has 1 aromatic heterocycles. The number of piperidine rings is 1. The lowest BCUT2D eigenvalue weighted by molar-refractivity contribution is 0.0648. The molecule has 3 heterocycles. The number of carbonyl (C=O) groups excluding carboxylic acids is 1. The number of hydrogen-bond acceptors (Lipinski definition) is 7. The third kappa shape index (κ3) is 5.74. The largest absolute Gasteiger partial charge is 0.489 e. The van der Waals surface area contributed by atoms with Crippen LogP contribution in [-0.4, -0.2) is 75.7 Å². The summed E-state index contributed by atoms with van der Waals surface area (Å²) in [4.78, 5) is 26.1. The first-order valence-corrected chi connectivity index (χ1v) is 12.1. The lowest BCUT2D eigenvalue weighted by Crippen LogP contribution is -2.41. The molecule has 0 spiro atoms. The Morgan fingerprint density at radius 3 is 2.54 bits per heavy atom. The summed E-state index contributed by atoms with van der Waals surface area (Å²) in [7, 11) is 0. The molecule has 1 unspecified atom stereocenters. The summed E-state index contributed by atoms with van der Waals surface area (Å²) in [5.41, 5.74) is 9.04. The van der Waals surface area contributed by atoms with Crippen molar-refractivity contribution in [1.29, 1.82) is 0 Å². The molecule has 3 N–H and O–H groups in total. The van der Waals surface area contributed by atoms with Gasteiger partial charge in [-0.2, -0.15) is 0 Å². The van der Waals surface area contributed by atoms with Gasteiger partial charge in [0.1, 0.15) is 17.7 Å². The van der Waals surface area contributed by atoms with Crippen LogP contribution in [0.5, 0.6) is 5.75 Å². The maximum absolute atomic E-state index is 14.1. The molecule has 0 radical (unpaired) electrons. The summed E-state index contributed by atoms with van der Waals surface area (Å²) in [6, 6.07) is 3.98. The molecule has 2 aliphatic heterocycles. The molecule has 1 aromatic carbocycles. The number of β-amino-alcohol motifs (C(OH)–C–C–N with tert-alkyl or cyclic N) is 1. The van der Waals surface area contributed by atoms with Gasteiger partial charge in [-0.05, 0) is 45.7 Å². The third-order valence-corrected chi connectivity index (χ3v) is 6.91. The van der Waals surface area contributed by atoms with Crippen LogP contribution in [0.15, 0.2) is 23.9 Å². The number of aliphatic hydroxyl groups is 1. The molecule has 1 saturated heterocycles. The number of aromatic nitrogens is 2. The number of hydrogen-bond donors (Lipinski definition) is 2. The molecular formula is C25H31ClFN5O3. The molecule has 8 nitrogen and oxygen atoms in total. The number of halogens is 2. The molecule has 4 rings (SSSR count). The third-order valence-electron chi connectivity index (χ3n) is 6.36. The van der Waals surface area contributed by atoms with Gasteiger partial charge in [0.05, 0.1) is 41.2 Å². The number of nitrogens with zero attached hydrogens (tertiary/aromatic N) is 4. The quantitative estimate of drug-likeness (QED) is 0.624. The average molecular weight is 504 g/mol. The van der Waals surface area contributed by atoms with Crippen molar-refractivity contribution < 1.29 is 19.0 Å². The predicted molar refractivity (Wildman–Crippen MR) is 132 cm³/mol. The predicted octanol–water partition coefficient (Wildman–Crippen LogP) is 2.94. The van der Waals surface area contributed by atoms with Gasteiger partial charge in [0.15, 0.2) is 5.82 Å². The van der Waals surface area contributed by atoms with E-state index in [-0.39, 0.29) is 36.4 Å². The molecule has 2 aliphatic rings. The SMILES string of the molecule is Cc1nc(C2=C(N)CN(C(=O)c3ccc(F)cc3OC3CCN(CC(C)O)CC3)C2)nc(C)c1Cl. The summed E-state index contributed by atoms with van der Waals surface area (Å²) in [6.07, 6.45) is 0.925. The van der Waals surface area contributed by atoms with E-state index in [2.05, 4.69) is 14.9 Å². The second kappa shape index (κ2) is 10.5. The standard InChI is InChI=1S/C25H31ClFN5O3/c1-14(33)11-31-8-6-18(7-9-31)35-22-10-17(27)4-5-19(22)25(34)32-12-20(21(28)13-32)24-29-15(2)23(26)16(3)30-24/h4-5,10,14,18,33H,6-9,11-13,28H2,1-3H3. The van der Waals surface area contributed by atoms with Gasteiger partial charge < -0.3 is 25.4 Å². The molecule has 2 aromatic rings. The van der Waals surface area contributed by atoms with Crippen LogP contribution >= 0.6 is 11.6 Å². The first-order valence-electron chi connectivity index (χ1n) is 11.8. The fourth-order valence-corrected chi connectivity index (χ4v) is 4.63. The normalized spacial score (nSPS) is 18.3. The Bertz CT molecular complexity index is 1120. The van der Waals surface area contributed by atoms with Crippen LogP contribution in [0.4, 0.5) is 4.39 Å². The zero-order valence-corrected chi connectivity index (χ0v) is 21.0. The summed E-state index contributed by atoms with van der Waals surface area (Å²) in [5.74, 6) is -0.0857. The molecule has 188 valence electrons. The Hall–Kier alpha value is -2.75. The number of amides is 1. The molecule has 35 heavy (non-hydrogen) atoms. The van der Waals surface area contributed by atoms with Gasteiger partial charge in [-0.15, -0.1) is 0 Å². The highest BCUT2D eigenvalue weighted by Gasteiger charge is 2.31. The fraction of sp³-hybridized carbons (Fsp3) is 0.480. The van der Waals surface area contributed by atoms with E-state index in [9.17, 15) is 14.3 Å². The number of nitrogens with two attached hydrogens (primary N) is 1. The fourth-order valence-electron chi connectivity index (χ4n) is 4.55. The van der Waals surface area contributed by atoms with Crippen LogP contribution in [0.2, 0.25) is 5.02 Å². The van der Waals surface area contributed by atoms with Crippen LogP contribution in [0.3, 0.4) is 0 Å². The maximum atomic E-state index is 14.1. The molecule has 1 atom stereocenters. The molecule has 1 fully saturated rings. The van der Waals surface area contributed by atoms with Gasteiger partial charge in [0.2, 0.25) is 0 Å². The highest BCUT2D eigenvalue weighted by atomic mass is 35.5. The van der Waals surface area contributed by atoms with E-state index < -0.39 is 11.9 Å². The minimum atomic E-state index is -0.469. The maximum Gasteiger partial charge on any atom is 0.258 e. The summed E-state index contributed by atoms with van der Waals surface area (Å²) < 4.78 is 20.2. The monoisotopic (exact) mass is 503 g/mol.